The summed E-state index contributed by atoms with van der Waals surface area (Å²) in [5.41, 5.74) is 2.60. The maximum atomic E-state index is 5.12. The third-order valence-electron chi connectivity index (χ3n) is 1.11. The molecule has 1 aromatic rings. The van der Waals surface area contributed by atoms with Crippen molar-refractivity contribution in [3.05, 3.63) is 24.4 Å². The average Bonchev–Trinajstić information content (AvgIpc) is 2.14. The van der Waals surface area contributed by atoms with Crippen LogP contribution in [0.4, 0.5) is 0 Å². The first-order valence-corrected chi connectivity index (χ1v) is 5.89. The van der Waals surface area contributed by atoms with Crippen LogP contribution >= 0.6 is 21.6 Å². The summed E-state index contributed by atoms with van der Waals surface area (Å²) < 4.78 is 0. The quantitative estimate of drug-likeness (QED) is 0.325. The molecular weight excluding hydrogens is 190 g/mol. The van der Waals surface area contributed by atoms with Crippen molar-refractivity contribution in [2.24, 2.45) is 5.84 Å². The summed E-state index contributed by atoms with van der Waals surface area (Å²) in [5.74, 6) is 6.10. The molecule has 5 heteroatoms. The van der Waals surface area contributed by atoms with E-state index in [4.69, 9.17) is 5.84 Å². The molecule has 1 rings (SSSR count). The van der Waals surface area contributed by atoms with Gasteiger partial charge in [-0.1, -0.05) is 16.9 Å². The standard InChI is InChI=1S/C7H11N3S2/c8-10-5-6-11-12-7-3-1-2-4-9-7/h1-4,10H,5-6,8H2. The molecule has 0 unspecified atom stereocenters. The number of pyridine rings is 1. The molecule has 0 spiro atoms. The normalized spacial score (nSPS) is 10.1. The Labute approximate surface area is 79.9 Å². The fourth-order valence-corrected chi connectivity index (χ4v) is 2.40. The number of nitrogens with two attached hydrogens (primary N) is 1. The molecule has 0 saturated carbocycles. The SMILES string of the molecule is NNCCSSc1ccccn1. The van der Waals surface area contributed by atoms with Gasteiger partial charge < -0.3 is 0 Å². The van der Waals surface area contributed by atoms with Crippen LogP contribution in [-0.4, -0.2) is 17.3 Å². The van der Waals surface area contributed by atoms with Gasteiger partial charge in [0.15, 0.2) is 0 Å². The van der Waals surface area contributed by atoms with Gasteiger partial charge in [-0.2, -0.15) is 0 Å². The van der Waals surface area contributed by atoms with Crippen molar-refractivity contribution in [2.45, 2.75) is 5.03 Å². The molecule has 3 N–H and O–H groups in total. The van der Waals surface area contributed by atoms with Gasteiger partial charge in [-0.05, 0) is 22.9 Å². The first-order chi connectivity index (χ1) is 5.93. The number of aromatic nitrogens is 1. The lowest BCUT2D eigenvalue weighted by atomic mass is 10.5. The number of hydrogen-bond acceptors (Lipinski definition) is 5. The van der Waals surface area contributed by atoms with Crippen molar-refractivity contribution in [3.8, 4) is 0 Å². The van der Waals surface area contributed by atoms with Crippen LogP contribution in [0, 0.1) is 0 Å². The maximum Gasteiger partial charge on any atom is 0.106 e. The topological polar surface area (TPSA) is 50.9 Å². The van der Waals surface area contributed by atoms with Crippen LogP contribution in [0.5, 0.6) is 0 Å². The van der Waals surface area contributed by atoms with E-state index in [-0.39, 0.29) is 0 Å². The van der Waals surface area contributed by atoms with E-state index in [0.29, 0.717) is 0 Å². The second-order valence-corrected chi connectivity index (χ2v) is 4.46. The van der Waals surface area contributed by atoms with Crippen molar-refractivity contribution in [1.29, 1.82) is 0 Å². The number of nitrogens with zero attached hydrogens (tertiary/aromatic N) is 1. The minimum atomic E-state index is 0.824. The van der Waals surface area contributed by atoms with Crippen LogP contribution in [0.3, 0.4) is 0 Å². The smallest absolute Gasteiger partial charge is 0.106 e. The van der Waals surface area contributed by atoms with Gasteiger partial charge >= 0.3 is 0 Å². The van der Waals surface area contributed by atoms with Crippen molar-refractivity contribution >= 4 is 21.6 Å². The number of nitrogens with one attached hydrogen (secondary N) is 1. The minimum absolute atomic E-state index is 0.824. The Balaban J connectivity index is 2.16. The molecule has 12 heavy (non-hydrogen) atoms. The third-order valence-corrected chi connectivity index (χ3v) is 3.38. The van der Waals surface area contributed by atoms with E-state index in [1.165, 1.54) is 0 Å². The average molecular weight is 201 g/mol. The van der Waals surface area contributed by atoms with E-state index < -0.39 is 0 Å². The number of rotatable bonds is 5. The van der Waals surface area contributed by atoms with E-state index in [0.717, 1.165) is 17.3 Å². The Kier molecular flexibility index (Phi) is 5.18. The Morgan fingerprint density at radius 2 is 2.42 bits per heavy atom. The van der Waals surface area contributed by atoms with E-state index in [2.05, 4.69) is 10.4 Å². The molecule has 3 nitrogen and oxygen atoms in total. The Bertz CT molecular complexity index is 205. The molecular formula is C7H11N3S2. The van der Waals surface area contributed by atoms with Crippen molar-refractivity contribution in [3.63, 3.8) is 0 Å². The maximum absolute atomic E-state index is 5.12. The molecule has 1 aromatic heterocycles. The van der Waals surface area contributed by atoms with Gasteiger partial charge in [0.05, 0.1) is 0 Å². The second-order valence-electron chi connectivity index (χ2n) is 2.03. The highest BCUT2D eigenvalue weighted by Crippen LogP contribution is 2.27. The van der Waals surface area contributed by atoms with Crippen LogP contribution in [-0.2, 0) is 0 Å². The largest absolute Gasteiger partial charge is 0.271 e. The Hall–Kier alpha value is -0.230. The molecule has 0 aliphatic carbocycles. The Morgan fingerprint density at radius 3 is 3.08 bits per heavy atom. The van der Waals surface area contributed by atoms with Crippen LogP contribution in [0.25, 0.3) is 0 Å². The minimum Gasteiger partial charge on any atom is -0.271 e. The van der Waals surface area contributed by atoms with Crippen molar-refractivity contribution < 1.29 is 0 Å². The fourth-order valence-electron chi connectivity index (χ4n) is 0.599. The third kappa shape index (κ3) is 3.96. The molecule has 0 bridgehead atoms. The van der Waals surface area contributed by atoms with Gasteiger partial charge in [-0.3, -0.25) is 11.3 Å². The summed E-state index contributed by atoms with van der Waals surface area (Å²) in [6.07, 6.45) is 1.80. The molecule has 0 saturated heterocycles. The van der Waals surface area contributed by atoms with Gasteiger partial charge in [0.2, 0.25) is 0 Å². The lowest BCUT2D eigenvalue weighted by Crippen LogP contribution is -2.24. The molecule has 0 radical (unpaired) electrons. The summed E-state index contributed by atoms with van der Waals surface area (Å²) in [6.45, 7) is 0.824. The van der Waals surface area contributed by atoms with E-state index in [1.807, 2.05) is 18.2 Å². The lowest BCUT2D eigenvalue weighted by molar-refractivity contribution is 0.788. The van der Waals surface area contributed by atoms with Crippen molar-refractivity contribution in [2.75, 3.05) is 12.3 Å². The van der Waals surface area contributed by atoms with Crippen molar-refractivity contribution in [1.82, 2.24) is 10.4 Å². The fraction of sp³-hybridized carbons (Fsp3) is 0.286. The van der Waals surface area contributed by atoms with Gasteiger partial charge in [0, 0.05) is 18.5 Å². The molecule has 0 amide bonds. The van der Waals surface area contributed by atoms with Crippen LogP contribution in [0.2, 0.25) is 0 Å². The summed E-state index contributed by atoms with van der Waals surface area (Å²) in [5, 5.41) is 1.04. The monoisotopic (exact) mass is 201 g/mol. The molecule has 0 atom stereocenters. The summed E-state index contributed by atoms with van der Waals surface area (Å²) in [7, 11) is 3.41. The van der Waals surface area contributed by atoms with Gasteiger partial charge in [-0.15, -0.1) is 0 Å². The first kappa shape index (κ1) is 9.85. The highest BCUT2D eigenvalue weighted by molar-refractivity contribution is 8.76. The van der Waals surface area contributed by atoms with Gasteiger partial charge in [0.25, 0.3) is 0 Å². The zero-order valence-corrected chi connectivity index (χ0v) is 8.20. The van der Waals surface area contributed by atoms with Gasteiger partial charge in [-0.25, -0.2) is 4.98 Å². The molecule has 0 aromatic carbocycles. The molecule has 0 aliphatic heterocycles. The number of hydrogen-bond donors (Lipinski definition) is 2. The predicted molar refractivity (Wildman–Crippen MR) is 54.7 cm³/mol. The van der Waals surface area contributed by atoms with E-state index in [1.54, 1.807) is 27.8 Å². The first-order valence-electron chi connectivity index (χ1n) is 3.57. The highest BCUT2D eigenvalue weighted by atomic mass is 33.1. The van der Waals surface area contributed by atoms with Gasteiger partial charge in [0.1, 0.15) is 5.03 Å². The predicted octanol–water partition coefficient (Wildman–Crippen LogP) is 1.29. The summed E-state index contributed by atoms with van der Waals surface area (Å²) in [4.78, 5) is 4.17. The zero-order valence-electron chi connectivity index (χ0n) is 6.56. The molecule has 0 aliphatic rings. The summed E-state index contributed by atoms with van der Waals surface area (Å²) in [6, 6.07) is 5.89. The lowest BCUT2D eigenvalue weighted by Gasteiger charge is -1.98. The Morgan fingerprint density at radius 1 is 1.50 bits per heavy atom. The highest BCUT2D eigenvalue weighted by Gasteiger charge is 1.93. The molecule has 1 heterocycles. The number of hydrazine groups is 1. The zero-order chi connectivity index (χ0) is 8.65. The summed E-state index contributed by atoms with van der Waals surface area (Å²) >= 11 is 0. The molecule has 66 valence electrons. The molecule has 0 fully saturated rings. The van der Waals surface area contributed by atoms with E-state index in [9.17, 15) is 0 Å². The van der Waals surface area contributed by atoms with Crippen LogP contribution in [0.1, 0.15) is 0 Å². The van der Waals surface area contributed by atoms with Crippen LogP contribution in [0.15, 0.2) is 29.4 Å². The second kappa shape index (κ2) is 6.30. The van der Waals surface area contributed by atoms with Crippen LogP contribution < -0.4 is 11.3 Å². The van der Waals surface area contributed by atoms with E-state index >= 15 is 0 Å².